The Hall–Kier alpha value is -0.830. The third-order valence-corrected chi connectivity index (χ3v) is 2.27. The molecule has 2 nitrogen and oxygen atoms in total. The zero-order valence-electron chi connectivity index (χ0n) is 7.24. The summed E-state index contributed by atoms with van der Waals surface area (Å²) in [5.74, 6) is 1.37. The third-order valence-electron chi connectivity index (χ3n) is 1.55. The Balaban J connectivity index is 2.89. The highest BCUT2D eigenvalue weighted by Crippen LogP contribution is 2.18. The number of rotatable bonds is 3. The molecule has 0 fully saturated rings. The molecule has 1 rings (SSSR count). The summed E-state index contributed by atoms with van der Waals surface area (Å²) in [7, 11) is 0.814. The summed E-state index contributed by atoms with van der Waals surface area (Å²) in [6.07, 6.45) is 1.69. The van der Waals surface area contributed by atoms with Crippen LogP contribution in [0.2, 0.25) is 0 Å². The summed E-state index contributed by atoms with van der Waals surface area (Å²) >= 11 is 0. The highest BCUT2D eigenvalue weighted by atomic mass is 32.2. The highest BCUT2D eigenvalue weighted by Gasteiger charge is 2.02. The summed E-state index contributed by atoms with van der Waals surface area (Å²) in [5, 5.41) is 0. The summed E-state index contributed by atoms with van der Waals surface area (Å²) < 4.78 is 16.0. The SMILES string of the molecule is COc1ccccc1C[S@@](C)=O. The van der Waals surface area contributed by atoms with Gasteiger partial charge >= 0.3 is 0 Å². The number of hydrogen-bond donors (Lipinski definition) is 0. The normalized spacial score (nSPS) is 12.5. The Labute approximate surface area is 75.0 Å². The van der Waals surface area contributed by atoms with Crippen molar-refractivity contribution in [3.8, 4) is 5.75 Å². The van der Waals surface area contributed by atoms with E-state index in [1.54, 1.807) is 13.4 Å². The predicted molar refractivity (Wildman–Crippen MR) is 50.8 cm³/mol. The van der Waals surface area contributed by atoms with Crippen LogP contribution in [0.4, 0.5) is 0 Å². The zero-order chi connectivity index (χ0) is 8.97. The maximum absolute atomic E-state index is 10.9. The second-order valence-electron chi connectivity index (χ2n) is 2.53. The Morgan fingerprint density at radius 3 is 2.67 bits per heavy atom. The van der Waals surface area contributed by atoms with Crippen LogP contribution in [0, 0.1) is 0 Å². The number of benzene rings is 1. The van der Waals surface area contributed by atoms with Gasteiger partial charge in [-0.2, -0.15) is 0 Å². The summed E-state index contributed by atoms with van der Waals surface area (Å²) in [5.41, 5.74) is 1.00. The van der Waals surface area contributed by atoms with E-state index in [1.807, 2.05) is 24.3 Å². The van der Waals surface area contributed by atoms with E-state index in [2.05, 4.69) is 0 Å². The summed E-state index contributed by atoms with van der Waals surface area (Å²) in [4.78, 5) is 0. The van der Waals surface area contributed by atoms with Crippen molar-refractivity contribution in [1.82, 2.24) is 0 Å². The van der Waals surface area contributed by atoms with E-state index < -0.39 is 10.8 Å². The van der Waals surface area contributed by atoms with Gasteiger partial charge < -0.3 is 4.74 Å². The molecule has 0 aromatic heterocycles. The van der Waals surface area contributed by atoms with Gasteiger partial charge in [-0.15, -0.1) is 0 Å². The first-order valence-corrected chi connectivity index (χ1v) is 5.38. The van der Waals surface area contributed by atoms with Gasteiger partial charge in [0.2, 0.25) is 0 Å². The van der Waals surface area contributed by atoms with Crippen LogP contribution < -0.4 is 4.74 Å². The molecule has 0 heterocycles. The lowest BCUT2D eigenvalue weighted by atomic mass is 10.2. The van der Waals surface area contributed by atoms with Crippen LogP contribution in [-0.2, 0) is 16.6 Å². The van der Waals surface area contributed by atoms with Gasteiger partial charge in [0.25, 0.3) is 0 Å². The Morgan fingerprint density at radius 2 is 2.08 bits per heavy atom. The largest absolute Gasteiger partial charge is 0.496 e. The van der Waals surface area contributed by atoms with E-state index in [1.165, 1.54) is 0 Å². The van der Waals surface area contributed by atoms with Crippen molar-refractivity contribution in [2.24, 2.45) is 0 Å². The summed E-state index contributed by atoms with van der Waals surface area (Å²) in [6, 6.07) is 7.63. The van der Waals surface area contributed by atoms with Crippen molar-refractivity contribution in [1.29, 1.82) is 0 Å². The van der Waals surface area contributed by atoms with Gasteiger partial charge in [0.15, 0.2) is 0 Å². The Bertz CT molecular complexity index is 284. The van der Waals surface area contributed by atoms with Gasteiger partial charge in [-0.1, -0.05) is 18.2 Å². The van der Waals surface area contributed by atoms with Crippen molar-refractivity contribution in [2.45, 2.75) is 5.75 Å². The molecule has 0 aliphatic rings. The molecule has 0 unspecified atom stereocenters. The van der Waals surface area contributed by atoms with Crippen molar-refractivity contribution in [2.75, 3.05) is 13.4 Å². The van der Waals surface area contributed by atoms with Crippen LogP contribution in [0.15, 0.2) is 24.3 Å². The van der Waals surface area contributed by atoms with Crippen molar-refractivity contribution >= 4 is 10.8 Å². The molecular formula is C9H12O2S. The van der Waals surface area contributed by atoms with Gasteiger partial charge in [-0.05, 0) is 6.07 Å². The maximum atomic E-state index is 10.9. The van der Waals surface area contributed by atoms with Crippen LogP contribution in [0.1, 0.15) is 5.56 Å². The van der Waals surface area contributed by atoms with Crippen LogP contribution in [-0.4, -0.2) is 17.6 Å². The van der Waals surface area contributed by atoms with Crippen LogP contribution in [0.5, 0.6) is 5.75 Å². The molecule has 3 heteroatoms. The molecule has 0 aliphatic carbocycles. The second-order valence-corrected chi connectivity index (χ2v) is 3.96. The molecule has 1 aromatic carbocycles. The fourth-order valence-electron chi connectivity index (χ4n) is 1.04. The predicted octanol–water partition coefficient (Wildman–Crippen LogP) is 1.57. The molecule has 12 heavy (non-hydrogen) atoms. The highest BCUT2D eigenvalue weighted by molar-refractivity contribution is 7.83. The molecule has 66 valence electrons. The standard InChI is InChI=1S/C9H12O2S/c1-11-9-6-4-3-5-8(9)7-12(2)10/h3-6H,7H2,1-2H3/t12-/m1/s1. The smallest absolute Gasteiger partial charge is 0.122 e. The maximum Gasteiger partial charge on any atom is 0.122 e. The molecule has 0 N–H and O–H groups in total. The van der Waals surface area contributed by atoms with E-state index in [-0.39, 0.29) is 0 Å². The monoisotopic (exact) mass is 184 g/mol. The minimum Gasteiger partial charge on any atom is -0.496 e. The molecule has 0 saturated carbocycles. The molecular weight excluding hydrogens is 172 g/mol. The molecule has 1 aromatic rings. The Kier molecular flexibility index (Phi) is 3.29. The van der Waals surface area contributed by atoms with Gasteiger partial charge in [0, 0.05) is 22.6 Å². The van der Waals surface area contributed by atoms with Crippen molar-refractivity contribution in [3.05, 3.63) is 29.8 Å². The first-order chi connectivity index (χ1) is 5.74. The molecule has 0 radical (unpaired) electrons. The lowest BCUT2D eigenvalue weighted by Gasteiger charge is -2.05. The van der Waals surface area contributed by atoms with Crippen LogP contribution in [0.25, 0.3) is 0 Å². The van der Waals surface area contributed by atoms with Gasteiger partial charge in [0.1, 0.15) is 5.75 Å². The van der Waals surface area contributed by atoms with Gasteiger partial charge in [-0.25, -0.2) is 0 Å². The Morgan fingerprint density at radius 1 is 1.42 bits per heavy atom. The molecule has 1 atom stereocenters. The lowest BCUT2D eigenvalue weighted by molar-refractivity contribution is 0.411. The van der Waals surface area contributed by atoms with Crippen LogP contribution in [0.3, 0.4) is 0 Å². The molecule has 0 bridgehead atoms. The third kappa shape index (κ3) is 2.34. The topological polar surface area (TPSA) is 26.3 Å². The first-order valence-electron chi connectivity index (χ1n) is 3.66. The molecule has 0 saturated heterocycles. The fourth-order valence-corrected chi connectivity index (χ4v) is 1.72. The molecule has 0 amide bonds. The number of hydrogen-bond acceptors (Lipinski definition) is 2. The van der Waals surface area contributed by atoms with Gasteiger partial charge in [-0.3, -0.25) is 4.21 Å². The minimum atomic E-state index is -0.808. The van der Waals surface area contributed by atoms with E-state index in [0.717, 1.165) is 11.3 Å². The summed E-state index contributed by atoms with van der Waals surface area (Å²) in [6.45, 7) is 0. The molecule has 0 aliphatic heterocycles. The van der Waals surface area contributed by atoms with E-state index in [9.17, 15) is 4.21 Å². The quantitative estimate of drug-likeness (QED) is 0.712. The fraction of sp³-hybridized carbons (Fsp3) is 0.333. The number of ether oxygens (including phenoxy) is 1. The molecule has 0 spiro atoms. The minimum absolute atomic E-state index is 0.560. The van der Waals surface area contributed by atoms with Crippen LogP contribution >= 0.6 is 0 Å². The average molecular weight is 184 g/mol. The van der Waals surface area contributed by atoms with E-state index in [4.69, 9.17) is 4.74 Å². The van der Waals surface area contributed by atoms with E-state index in [0.29, 0.717) is 5.75 Å². The average Bonchev–Trinajstić information content (AvgIpc) is 2.04. The second kappa shape index (κ2) is 4.26. The number of para-hydroxylation sites is 1. The zero-order valence-corrected chi connectivity index (χ0v) is 8.06. The van der Waals surface area contributed by atoms with E-state index >= 15 is 0 Å². The number of methoxy groups -OCH3 is 1. The first kappa shape index (κ1) is 9.26. The van der Waals surface area contributed by atoms with Crippen molar-refractivity contribution < 1.29 is 8.95 Å². The van der Waals surface area contributed by atoms with Crippen molar-refractivity contribution in [3.63, 3.8) is 0 Å². The van der Waals surface area contributed by atoms with Gasteiger partial charge in [0.05, 0.1) is 12.9 Å². The lowest BCUT2D eigenvalue weighted by Crippen LogP contribution is -1.95.